The molecule has 0 aliphatic rings. The van der Waals surface area contributed by atoms with Crippen molar-refractivity contribution in [2.75, 3.05) is 14.1 Å². The van der Waals surface area contributed by atoms with Crippen molar-refractivity contribution in [3.05, 3.63) is 0 Å². The lowest BCUT2D eigenvalue weighted by molar-refractivity contribution is 0.0932. The normalized spacial score (nSPS) is 12.4. The zero-order chi connectivity index (χ0) is 13.5. The lowest BCUT2D eigenvalue weighted by Gasteiger charge is -2.16. The highest BCUT2D eigenvalue weighted by Gasteiger charge is 2.14. The van der Waals surface area contributed by atoms with Crippen LogP contribution in [0.1, 0.15) is 26.2 Å². The van der Waals surface area contributed by atoms with E-state index in [-0.39, 0.29) is 12.2 Å². The van der Waals surface area contributed by atoms with Crippen molar-refractivity contribution in [3.8, 4) is 11.5 Å². The van der Waals surface area contributed by atoms with Gasteiger partial charge in [0.2, 0.25) is 0 Å². The van der Waals surface area contributed by atoms with Crippen LogP contribution in [-0.4, -0.2) is 39.3 Å². The summed E-state index contributed by atoms with van der Waals surface area (Å²) < 4.78 is 5.35. The number of nitrogens with zero attached hydrogens (tertiary/aromatic N) is 1. The van der Waals surface area contributed by atoms with E-state index in [1.54, 1.807) is 14.1 Å². The Balaban J connectivity index is 4.52. The summed E-state index contributed by atoms with van der Waals surface area (Å²) in [5.74, 6) is 3.12. The van der Waals surface area contributed by atoms with Crippen LogP contribution in [0.25, 0.3) is 0 Å². The van der Waals surface area contributed by atoms with Crippen molar-refractivity contribution in [2.24, 2.45) is 0 Å². The Morgan fingerprint density at radius 3 is 2.35 bits per heavy atom. The molecule has 0 aromatic carbocycles. The van der Waals surface area contributed by atoms with Gasteiger partial charge in [-0.05, 0) is 12.8 Å². The molecule has 0 bridgehead atoms. The molecule has 0 heterocycles. The van der Waals surface area contributed by atoms with Gasteiger partial charge in [-0.2, -0.15) is 0 Å². The van der Waals surface area contributed by atoms with Crippen LogP contribution in [0.2, 0.25) is 19.6 Å². The Kier molecular flexibility index (Phi) is 6.97. The summed E-state index contributed by atoms with van der Waals surface area (Å²) in [6, 6.07) is 0. The monoisotopic (exact) mass is 255 g/mol. The maximum absolute atomic E-state index is 11.5. The largest absolute Gasteiger partial charge is 0.433 e. The highest BCUT2D eigenvalue weighted by molar-refractivity contribution is 6.83. The van der Waals surface area contributed by atoms with Crippen molar-refractivity contribution in [1.29, 1.82) is 0 Å². The number of ether oxygens (including phenoxy) is 1. The first-order chi connectivity index (χ1) is 7.76. The molecule has 0 rings (SSSR count). The number of unbranched alkanes of at least 4 members (excludes halogenated alkanes) is 1. The summed E-state index contributed by atoms with van der Waals surface area (Å²) in [7, 11) is 1.97. The number of amides is 1. The van der Waals surface area contributed by atoms with Gasteiger partial charge in [0.15, 0.2) is 6.10 Å². The van der Waals surface area contributed by atoms with Crippen molar-refractivity contribution >= 4 is 14.2 Å². The first kappa shape index (κ1) is 16.0. The van der Waals surface area contributed by atoms with E-state index in [1.807, 2.05) is 0 Å². The quantitative estimate of drug-likeness (QED) is 0.570. The fraction of sp³-hybridized carbons (Fsp3) is 0.769. The molecule has 0 unspecified atom stereocenters. The first-order valence-corrected chi connectivity index (χ1v) is 9.67. The van der Waals surface area contributed by atoms with Crippen molar-refractivity contribution in [2.45, 2.75) is 51.9 Å². The minimum Gasteiger partial charge on any atom is -0.433 e. The maximum Gasteiger partial charge on any atom is 0.410 e. The van der Waals surface area contributed by atoms with E-state index < -0.39 is 8.07 Å². The number of hydrogen-bond donors (Lipinski definition) is 0. The summed E-state index contributed by atoms with van der Waals surface area (Å²) >= 11 is 0. The van der Waals surface area contributed by atoms with Crippen molar-refractivity contribution in [1.82, 2.24) is 4.90 Å². The molecule has 3 nitrogen and oxygen atoms in total. The van der Waals surface area contributed by atoms with Gasteiger partial charge in [-0.3, -0.25) is 0 Å². The van der Waals surface area contributed by atoms with Gasteiger partial charge in [-0.1, -0.05) is 38.9 Å². The molecule has 17 heavy (non-hydrogen) atoms. The van der Waals surface area contributed by atoms with Crippen LogP contribution in [0.5, 0.6) is 0 Å². The number of hydrogen-bond acceptors (Lipinski definition) is 2. The topological polar surface area (TPSA) is 29.5 Å². The van der Waals surface area contributed by atoms with E-state index in [1.165, 1.54) is 4.90 Å². The molecule has 1 amide bonds. The number of rotatable bonds is 4. The third-order valence-corrected chi connectivity index (χ3v) is 2.93. The van der Waals surface area contributed by atoms with Crippen LogP contribution in [0, 0.1) is 11.5 Å². The van der Waals surface area contributed by atoms with E-state index in [0.29, 0.717) is 0 Å². The smallest absolute Gasteiger partial charge is 0.410 e. The molecule has 0 aliphatic carbocycles. The lowest BCUT2D eigenvalue weighted by atomic mass is 10.2. The van der Waals surface area contributed by atoms with Gasteiger partial charge in [-0.15, -0.1) is 5.54 Å². The molecule has 0 spiro atoms. The van der Waals surface area contributed by atoms with Crippen LogP contribution < -0.4 is 0 Å². The fourth-order valence-electron chi connectivity index (χ4n) is 1.07. The predicted molar refractivity (Wildman–Crippen MR) is 74.6 cm³/mol. The molecule has 1 atom stereocenters. The van der Waals surface area contributed by atoms with E-state index in [0.717, 1.165) is 19.3 Å². The molecule has 0 aliphatic heterocycles. The highest BCUT2D eigenvalue weighted by atomic mass is 28.3. The molecule has 0 radical (unpaired) electrons. The Bertz CT molecular complexity index is 297. The van der Waals surface area contributed by atoms with Gasteiger partial charge in [-0.25, -0.2) is 4.79 Å². The molecular formula is C13H25NO2Si. The second-order valence-corrected chi connectivity index (χ2v) is 10.2. The maximum atomic E-state index is 11.5. The van der Waals surface area contributed by atoms with Crippen molar-refractivity contribution < 1.29 is 9.53 Å². The highest BCUT2D eigenvalue weighted by Crippen LogP contribution is 2.07. The molecule has 98 valence electrons. The van der Waals surface area contributed by atoms with Crippen LogP contribution in [0.15, 0.2) is 0 Å². The zero-order valence-corrected chi connectivity index (χ0v) is 13.0. The third-order valence-electron chi connectivity index (χ3n) is 2.04. The van der Waals surface area contributed by atoms with Gasteiger partial charge in [0, 0.05) is 14.1 Å². The number of carbonyl (C=O) groups excluding carboxylic acids is 1. The average molecular weight is 255 g/mol. The minimum atomic E-state index is -1.40. The van der Waals surface area contributed by atoms with Crippen LogP contribution in [-0.2, 0) is 4.74 Å². The van der Waals surface area contributed by atoms with Crippen LogP contribution in [0.3, 0.4) is 0 Å². The molecule has 0 aromatic rings. The Morgan fingerprint density at radius 2 is 1.94 bits per heavy atom. The molecule has 0 saturated heterocycles. The van der Waals surface area contributed by atoms with Gasteiger partial charge in [0.1, 0.15) is 8.07 Å². The van der Waals surface area contributed by atoms with Crippen LogP contribution >= 0.6 is 0 Å². The molecule has 0 fully saturated rings. The predicted octanol–water partition coefficient (Wildman–Crippen LogP) is 3.12. The summed E-state index contributed by atoms with van der Waals surface area (Å²) in [5.41, 5.74) is 3.27. The van der Waals surface area contributed by atoms with Gasteiger partial charge < -0.3 is 9.64 Å². The minimum absolute atomic E-state index is 0.253. The Labute approximate surface area is 107 Å². The van der Waals surface area contributed by atoms with Gasteiger partial charge in [0.05, 0.1) is 0 Å². The average Bonchev–Trinajstić information content (AvgIpc) is 2.20. The molecule has 0 aromatic heterocycles. The summed E-state index contributed by atoms with van der Waals surface area (Å²) in [5, 5.41) is 0. The standard InChI is InChI=1S/C13H25NO2Si/c1-7-8-9-12(10-11-17(4,5)6)16-13(15)14(2)3/h12H,7-9H2,1-6H3/t12-/m0/s1. The lowest BCUT2D eigenvalue weighted by Crippen LogP contribution is -2.28. The van der Waals surface area contributed by atoms with E-state index in [9.17, 15) is 4.79 Å². The zero-order valence-electron chi connectivity index (χ0n) is 12.0. The van der Waals surface area contributed by atoms with Crippen molar-refractivity contribution in [3.63, 3.8) is 0 Å². The molecule has 0 saturated carbocycles. The molecule has 4 heteroatoms. The van der Waals surface area contributed by atoms with E-state index >= 15 is 0 Å². The molecule has 0 N–H and O–H groups in total. The summed E-state index contributed by atoms with van der Waals surface area (Å²) in [4.78, 5) is 12.9. The SMILES string of the molecule is CCCC[C@@H](C#C[Si](C)(C)C)OC(=O)N(C)C. The second kappa shape index (κ2) is 7.39. The first-order valence-electron chi connectivity index (χ1n) is 6.17. The third kappa shape index (κ3) is 8.81. The van der Waals surface area contributed by atoms with Gasteiger partial charge in [0.25, 0.3) is 0 Å². The summed E-state index contributed by atoms with van der Waals surface area (Å²) in [6.07, 6.45) is 2.39. The molecular weight excluding hydrogens is 230 g/mol. The second-order valence-electron chi connectivity index (χ2n) is 5.43. The van der Waals surface area contributed by atoms with Crippen LogP contribution in [0.4, 0.5) is 4.79 Å². The Hall–Kier alpha value is -0.953. The number of carbonyl (C=O) groups is 1. The van der Waals surface area contributed by atoms with E-state index in [2.05, 4.69) is 38.0 Å². The fourth-order valence-corrected chi connectivity index (χ4v) is 1.67. The summed E-state index contributed by atoms with van der Waals surface area (Å²) in [6.45, 7) is 8.68. The Morgan fingerprint density at radius 1 is 1.35 bits per heavy atom. The van der Waals surface area contributed by atoms with E-state index in [4.69, 9.17) is 4.74 Å². The van der Waals surface area contributed by atoms with Gasteiger partial charge >= 0.3 is 6.09 Å².